The number of methoxy groups -OCH3 is 1. The van der Waals surface area contributed by atoms with E-state index in [9.17, 15) is 10.1 Å². The number of carbonyl (C=O) groups excluding carboxylic acids is 1. The van der Waals surface area contributed by atoms with E-state index in [1.54, 1.807) is 36.4 Å². The number of hydrogen-bond acceptors (Lipinski definition) is 4. The summed E-state index contributed by atoms with van der Waals surface area (Å²) in [5, 5.41) is 15.3. The van der Waals surface area contributed by atoms with Crippen LogP contribution in [-0.4, -0.2) is 13.0 Å². The van der Waals surface area contributed by atoms with Crippen LogP contribution >= 0.6 is 11.6 Å². The zero-order valence-corrected chi connectivity index (χ0v) is 14.0. The molecule has 0 aromatic heterocycles. The van der Waals surface area contributed by atoms with Crippen molar-refractivity contribution in [3.63, 3.8) is 0 Å². The molecule has 0 fully saturated rings. The topological polar surface area (TPSA) is 74.1 Å². The number of anilines is 2. The van der Waals surface area contributed by atoms with Crippen LogP contribution < -0.4 is 15.4 Å². The first-order valence-corrected chi connectivity index (χ1v) is 7.49. The summed E-state index contributed by atoms with van der Waals surface area (Å²) in [7, 11) is 1.52. The molecule has 0 unspecified atom stereocenters. The number of nitriles is 1. The van der Waals surface area contributed by atoms with E-state index in [1.807, 2.05) is 19.1 Å². The van der Waals surface area contributed by atoms with Gasteiger partial charge in [0, 0.05) is 16.9 Å². The third kappa shape index (κ3) is 4.51. The zero-order valence-electron chi connectivity index (χ0n) is 13.3. The average Bonchev–Trinajstić information content (AvgIpc) is 2.55. The van der Waals surface area contributed by atoms with Gasteiger partial charge in [0.1, 0.15) is 17.4 Å². The van der Waals surface area contributed by atoms with Gasteiger partial charge >= 0.3 is 0 Å². The van der Waals surface area contributed by atoms with Crippen molar-refractivity contribution in [2.24, 2.45) is 0 Å². The Hall–Kier alpha value is -2.97. The second-order valence-corrected chi connectivity index (χ2v) is 5.42. The van der Waals surface area contributed by atoms with E-state index in [2.05, 4.69) is 10.6 Å². The summed E-state index contributed by atoms with van der Waals surface area (Å²) < 4.78 is 5.21. The third-order valence-corrected chi connectivity index (χ3v) is 3.41. The van der Waals surface area contributed by atoms with Gasteiger partial charge in [0.05, 0.1) is 12.8 Å². The van der Waals surface area contributed by atoms with Crippen molar-refractivity contribution in [3.8, 4) is 11.8 Å². The predicted octanol–water partition coefficient (Wildman–Crippen LogP) is 4.12. The lowest BCUT2D eigenvalue weighted by molar-refractivity contribution is -0.112. The second kappa shape index (κ2) is 8.04. The Bertz CT molecular complexity index is 825. The van der Waals surface area contributed by atoms with E-state index in [4.69, 9.17) is 16.3 Å². The van der Waals surface area contributed by atoms with E-state index < -0.39 is 5.91 Å². The van der Waals surface area contributed by atoms with E-state index in [0.29, 0.717) is 22.1 Å². The Labute approximate surface area is 145 Å². The van der Waals surface area contributed by atoms with Gasteiger partial charge in [-0.3, -0.25) is 4.79 Å². The first kappa shape index (κ1) is 17.4. The van der Waals surface area contributed by atoms with E-state index in [0.717, 1.165) is 5.56 Å². The van der Waals surface area contributed by atoms with Gasteiger partial charge < -0.3 is 15.4 Å². The maximum atomic E-state index is 12.3. The number of halogens is 1. The summed E-state index contributed by atoms with van der Waals surface area (Å²) in [6.45, 7) is 1.90. The van der Waals surface area contributed by atoms with E-state index >= 15 is 0 Å². The van der Waals surface area contributed by atoms with Crippen LogP contribution in [0, 0.1) is 18.3 Å². The molecule has 122 valence electrons. The normalized spacial score (nSPS) is 10.7. The number of nitrogens with zero attached hydrogens (tertiary/aromatic N) is 1. The van der Waals surface area contributed by atoms with Gasteiger partial charge in [-0.05, 0) is 42.8 Å². The smallest absolute Gasteiger partial charge is 0.267 e. The number of carbonyl (C=O) groups is 1. The van der Waals surface area contributed by atoms with Crippen LogP contribution in [0.2, 0.25) is 5.02 Å². The van der Waals surface area contributed by atoms with Gasteiger partial charge in [0.25, 0.3) is 5.91 Å². The van der Waals surface area contributed by atoms with Crippen LogP contribution in [0.3, 0.4) is 0 Å². The number of hydrogen-bond donors (Lipinski definition) is 2. The minimum absolute atomic E-state index is 0.0708. The number of rotatable bonds is 5. The van der Waals surface area contributed by atoms with Gasteiger partial charge in [0.2, 0.25) is 0 Å². The van der Waals surface area contributed by atoms with Crippen molar-refractivity contribution in [2.75, 3.05) is 17.7 Å². The first-order chi connectivity index (χ1) is 11.5. The highest BCUT2D eigenvalue weighted by Gasteiger charge is 2.12. The highest BCUT2D eigenvalue weighted by molar-refractivity contribution is 6.30. The van der Waals surface area contributed by atoms with Gasteiger partial charge in [-0.25, -0.2) is 0 Å². The molecule has 2 aromatic rings. The highest BCUT2D eigenvalue weighted by Crippen LogP contribution is 2.25. The molecule has 0 aliphatic heterocycles. The molecule has 0 radical (unpaired) electrons. The molecule has 1 amide bonds. The quantitative estimate of drug-likeness (QED) is 0.634. The fourth-order valence-corrected chi connectivity index (χ4v) is 2.18. The van der Waals surface area contributed by atoms with Crippen LogP contribution in [0.1, 0.15) is 5.56 Å². The molecule has 2 aromatic carbocycles. The summed E-state index contributed by atoms with van der Waals surface area (Å²) in [5.41, 5.74) is 2.08. The van der Waals surface area contributed by atoms with Gasteiger partial charge in [-0.15, -0.1) is 0 Å². The van der Waals surface area contributed by atoms with Crippen LogP contribution in [0.25, 0.3) is 0 Å². The number of ether oxygens (including phenoxy) is 1. The lowest BCUT2D eigenvalue weighted by Crippen LogP contribution is -2.15. The summed E-state index contributed by atoms with van der Waals surface area (Å²) in [6.07, 6.45) is 1.34. The Morgan fingerprint density at radius 3 is 2.75 bits per heavy atom. The molecule has 0 aliphatic rings. The van der Waals surface area contributed by atoms with Crippen LogP contribution in [0.5, 0.6) is 5.75 Å². The Morgan fingerprint density at radius 2 is 2.08 bits per heavy atom. The van der Waals surface area contributed by atoms with Crippen molar-refractivity contribution in [2.45, 2.75) is 6.92 Å². The predicted molar refractivity (Wildman–Crippen MR) is 95.1 cm³/mol. The summed E-state index contributed by atoms with van der Waals surface area (Å²) in [5.74, 6) is -0.00929. The number of amides is 1. The van der Waals surface area contributed by atoms with Crippen molar-refractivity contribution >= 4 is 28.9 Å². The number of nitrogens with one attached hydrogen (secondary N) is 2. The third-order valence-electron chi connectivity index (χ3n) is 3.18. The Balaban J connectivity index is 2.16. The molecule has 5 nitrogen and oxygen atoms in total. The molecule has 24 heavy (non-hydrogen) atoms. The number of aryl methyl sites for hydroxylation is 1. The molecule has 2 N–H and O–H groups in total. The molecule has 0 heterocycles. The lowest BCUT2D eigenvalue weighted by atomic mass is 10.2. The molecule has 0 bridgehead atoms. The largest absolute Gasteiger partial charge is 0.495 e. The number of benzene rings is 2. The maximum Gasteiger partial charge on any atom is 0.267 e. The Morgan fingerprint density at radius 1 is 1.29 bits per heavy atom. The molecule has 0 saturated carbocycles. The van der Waals surface area contributed by atoms with Crippen LogP contribution in [0.15, 0.2) is 54.2 Å². The molecular weight excluding hydrogens is 326 g/mol. The van der Waals surface area contributed by atoms with Crippen molar-refractivity contribution in [3.05, 3.63) is 64.8 Å². The monoisotopic (exact) mass is 341 g/mol. The summed E-state index contributed by atoms with van der Waals surface area (Å²) in [6, 6.07) is 14.2. The molecule has 0 spiro atoms. The summed E-state index contributed by atoms with van der Waals surface area (Å²) >= 11 is 5.89. The van der Waals surface area contributed by atoms with Crippen molar-refractivity contribution in [1.29, 1.82) is 5.26 Å². The molecule has 0 aliphatic carbocycles. The van der Waals surface area contributed by atoms with E-state index in [1.165, 1.54) is 13.3 Å². The lowest BCUT2D eigenvalue weighted by Gasteiger charge is -2.10. The molecule has 2 rings (SSSR count). The SMILES string of the molecule is COc1ccc(C)cc1NC(=O)/C(C#N)=C\Nc1cccc(Cl)c1. The van der Waals surface area contributed by atoms with Gasteiger partial charge in [-0.2, -0.15) is 5.26 Å². The van der Waals surface area contributed by atoms with E-state index in [-0.39, 0.29) is 5.57 Å². The minimum Gasteiger partial charge on any atom is -0.495 e. The van der Waals surface area contributed by atoms with Gasteiger partial charge in [-0.1, -0.05) is 23.7 Å². The molecule has 0 atom stereocenters. The zero-order chi connectivity index (χ0) is 17.5. The fraction of sp³-hybridized carbons (Fsp3) is 0.111. The summed E-state index contributed by atoms with van der Waals surface area (Å²) in [4.78, 5) is 12.3. The Kier molecular flexibility index (Phi) is 5.83. The molecular formula is C18H16ClN3O2. The molecule has 0 saturated heterocycles. The second-order valence-electron chi connectivity index (χ2n) is 4.98. The van der Waals surface area contributed by atoms with Crippen molar-refractivity contribution < 1.29 is 9.53 Å². The minimum atomic E-state index is -0.532. The standard InChI is InChI=1S/C18H16ClN3O2/c1-12-6-7-17(24-2)16(8-12)22-18(23)13(10-20)11-21-15-5-3-4-14(19)9-15/h3-9,11,21H,1-2H3,(H,22,23)/b13-11-. The highest BCUT2D eigenvalue weighted by atomic mass is 35.5. The molecule has 6 heteroatoms. The maximum absolute atomic E-state index is 12.3. The van der Waals surface area contributed by atoms with Crippen molar-refractivity contribution in [1.82, 2.24) is 0 Å². The fourth-order valence-electron chi connectivity index (χ4n) is 1.99. The van der Waals surface area contributed by atoms with Crippen LogP contribution in [0.4, 0.5) is 11.4 Å². The van der Waals surface area contributed by atoms with Crippen LogP contribution in [-0.2, 0) is 4.79 Å². The first-order valence-electron chi connectivity index (χ1n) is 7.12. The van der Waals surface area contributed by atoms with Gasteiger partial charge in [0.15, 0.2) is 0 Å². The average molecular weight is 342 g/mol.